The number of hydrogen-bond donors (Lipinski definition) is 3. The van der Waals surface area contributed by atoms with E-state index in [0.717, 1.165) is 19.3 Å². The number of carbonyl (C=O) groups is 2. The molecule has 0 unspecified atom stereocenters. The van der Waals surface area contributed by atoms with Crippen molar-refractivity contribution in [3.8, 4) is 0 Å². The van der Waals surface area contributed by atoms with E-state index in [9.17, 15) is 9.59 Å². The van der Waals surface area contributed by atoms with Gasteiger partial charge < -0.3 is 21.5 Å². The lowest BCUT2D eigenvalue weighted by Crippen LogP contribution is -2.41. The number of nitrogens with one attached hydrogen (secondary N) is 1. The molecule has 5 N–H and O–H groups in total. The van der Waals surface area contributed by atoms with E-state index in [2.05, 4.69) is 17.2 Å². The molecule has 0 bridgehead atoms. The minimum Gasteiger partial charge on any atom is -0.467 e. The molecule has 0 saturated heterocycles. The fourth-order valence-electron chi connectivity index (χ4n) is 2.58. The SMILES string of the molecule is CCCCCCCCCCC(=O)N[C@@H](CCCN=C(N)N)C(=O)OC. The summed E-state index contributed by atoms with van der Waals surface area (Å²) in [5, 5.41) is 2.75. The summed E-state index contributed by atoms with van der Waals surface area (Å²) in [6.45, 7) is 2.63. The van der Waals surface area contributed by atoms with Gasteiger partial charge in [0.25, 0.3) is 0 Å². The Morgan fingerprint density at radius 2 is 1.60 bits per heavy atom. The van der Waals surface area contributed by atoms with Gasteiger partial charge in [0.1, 0.15) is 6.04 Å². The third kappa shape index (κ3) is 14.3. The summed E-state index contributed by atoms with van der Waals surface area (Å²) < 4.78 is 4.74. The van der Waals surface area contributed by atoms with Crippen molar-refractivity contribution in [3.05, 3.63) is 0 Å². The van der Waals surface area contributed by atoms with Gasteiger partial charge in [-0.15, -0.1) is 0 Å². The maximum absolute atomic E-state index is 12.0. The summed E-state index contributed by atoms with van der Waals surface area (Å²) >= 11 is 0. The zero-order valence-electron chi connectivity index (χ0n) is 15.9. The van der Waals surface area contributed by atoms with Crippen molar-refractivity contribution >= 4 is 17.8 Å². The molecule has 25 heavy (non-hydrogen) atoms. The first-order valence-electron chi connectivity index (χ1n) is 9.43. The minimum absolute atomic E-state index is 0.0216. The van der Waals surface area contributed by atoms with E-state index in [4.69, 9.17) is 16.2 Å². The molecule has 0 fully saturated rings. The van der Waals surface area contributed by atoms with Crippen LogP contribution in [0.3, 0.4) is 0 Å². The van der Waals surface area contributed by atoms with Crippen molar-refractivity contribution in [1.29, 1.82) is 0 Å². The Kier molecular flexibility index (Phi) is 14.6. The van der Waals surface area contributed by atoms with Crippen LogP contribution in [0.5, 0.6) is 0 Å². The number of unbranched alkanes of at least 4 members (excludes halogenated alkanes) is 7. The highest BCUT2D eigenvalue weighted by Gasteiger charge is 2.20. The Bertz CT molecular complexity index is 396. The first kappa shape index (κ1) is 23.2. The number of rotatable bonds is 15. The highest BCUT2D eigenvalue weighted by Crippen LogP contribution is 2.10. The van der Waals surface area contributed by atoms with Crippen LogP contribution in [0.2, 0.25) is 0 Å². The minimum atomic E-state index is -0.638. The summed E-state index contributed by atoms with van der Waals surface area (Å²) in [6, 6.07) is -0.638. The number of hydrogen-bond acceptors (Lipinski definition) is 4. The summed E-state index contributed by atoms with van der Waals surface area (Å²) in [5.41, 5.74) is 10.5. The van der Waals surface area contributed by atoms with Crippen LogP contribution in [0.1, 0.15) is 77.6 Å². The monoisotopic (exact) mass is 356 g/mol. The van der Waals surface area contributed by atoms with Crippen LogP contribution in [0.4, 0.5) is 0 Å². The number of guanidine groups is 1. The molecule has 0 saturated carbocycles. The van der Waals surface area contributed by atoms with Gasteiger partial charge in [-0.1, -0.05) is 51.9 Å². The van der Waals surface area contributed by atoms with E-state index in [-0.39, 0.29) is 11.9 Å². The van der Waals surface area contributed by atoms with Gasteiger partial charge in [-0.2, -0.15) is 0 Å². The van der Waals surface area contributed by atoms with Crippen LogP contribution in [0, 0.1) is 0 Å². The average molecular weight is 357 g/mol. The maximum atomic E-state index is 12.0. The zero-order chi connectivity index (χ0) is 18.9. The lowest BCUT2D eigenvalue weighted by Gasteiger charge is -2.16. The molecule has 7 nitrogen and oxygen atoms in total. The molecule has 1 atom stereocenters. The molecule has 0 aliphatic heterocycles. The van der Waals surface area contributed by atoms with Crippen LogP contribution in [0.15, 0.2) is 4.99 Å². The fraction of sp³-hybridized carbons (Fsp3) is 0.833. The van der Waals surface area contributed by atoms with E-state index >= 15 is 0 Å². The van der Waals surface area contributed by atoms with Gasteiger partial charge in [0.2, 0.25) is 5.91 Å². The summed E-state index contributed by atoms with van der Waals surface area (Å²) in [5.74, 6) is -0.523. The van der Waals surface area contributed by atoms with Gasteiger partial charge in [-0.25, -0.2) is 4.79 Å². The highest BCUT2D eigenvalue weighted by atomic mass is 16.5. The average Bonchev–Trinajstić information content (AvgIpc) is 2.59. The molecule has 0 aromatic carbocycles. The Morgan fingerprint density at radius 3 is 2.16 bits per heavy atom. The Morgan fingerprint density at radius 1 is 1.00 bits per heavy atom. The second-order valence-corrected chi connectivity index (χ2v) is 6.32. The number of esters is 1. The Labute approximate surface area is 152 Å². The van der Waals surface area contributed by atoms with Gasteiger partial charge in [-0.3, -0.25) is 9.79 Å². The van der Waals surface area contributed by atoms with Gasteiger partial charge in [0.05, 0.1) is 7.11 Å². The molecule has 1 amide bonds. The van der Waals surface area contributed by atoms with E-state index < -0.39 is 12.0 Å². The number of nitrogens with zero attached hydrogens (tertiary/aromatic N) is 1. The summed E-state index contributed by atoms with van der Waals surface area (Å²) in [4.78, 5) is 27.6. The lowest BCUT2D eigenvalue weighted by atomic mass is 10.1. The van der Waals surface area contributed by atoms with Crippen LogP contribution >= 0.6 is 0 Å². The molecule has 146 valence electrons. The predicted octanol–water partition coefficient (Wildman–Crippen LogP) is 2.23. The second-order valence-electron chi connectivity index (χ2n) is 6.32. The molecule has 0 rings (SSSR count). The highest BCUT2D eigenvalue weighted by molar-refractivity contribution is 5.84. The fourth-order valence-corrected chi connectivity index (χ4v) is 2.58. The van der Waals surface area contributed by atoms with Crippen LogP contribution in [-0.4, -0.2) is 37.5 Å². The van der Waals surface area contributed by atoms with Gasteiger partial charge in [-0.05, 0) is 19.3 Å². The van der Waals surface area contributed by atoms with E-state index in [0.29, 0.717) is 25.8 Å². The van der Waals surface area contributed by atoms with E-state index in [1.165, 1.54) is 39.2 Å². The molecule has 0 spiro atoms. The molecule has 0 aromatic heterocycles. The van der Waals surface area contributed by atoms with Crippen molar-refractivity contribution in [2.45, 2.75) is 83.6 Å². The van der Waals surface area contributed by atoms with Crippen LogP contribution in [-0.2, 0) is 14.3 Å². The smallest absolute Gasteiger partial charge is 0.328 e. The van der Waals surface area contributed by atoms with Crippen molar-refractivity contribution in [2.24, 2.45) is 16.5 Å². The first-order valence-corrected chi connectivity index (χ1v) is 9.43. The second kappa shape index (κ2) is 15.7. The molecule has 0 heterocycles. The Balaban J connectivity index is 3.93. The topological polar surface area (TPSA) is 120 Å². The molecular weight excluding hydrogens is 320 g/mol. The van der Waals surface area contributed by atoms with Crippen LogP contribution < -0.4 is 16.8 Å². The molecule has 0 aromatic rings. The number of nitrogens with two attached hydrogens (primary N) is 2. The summed E-state index contributed by atoms with van der Waals surface area (Å²) in [6.07, 6.45) is 10.9. The third-order valence-corrected chi connectivity index (χ3v) is 4.02. The maximum Gasteiger partial charge on any atom is 0.328 e. The number of aliphatic imine (C=N–C) groups is 1. The quantitative estimate of drug-likeness (QED) is 0.180. The molecule has 7 heteroatoms. The van der Waals surface area contributed by atoms with Crippen molar-refractivity contribution < 1.29 is 14.3 Å². The largest absolute Gasteiger partial charge is 0.467 e. The van der Waals surface area contributed by atoms with Gasteiger partial charge in [0, 0.05) is 13.0 Å². The molecule has 0 aliphatic rings. The number of carbonyl (C=O) groups excluding carboxylic acids is 2. The van der Waals surface area contributed by atoms with Crippen molar-refractivity contribution in [2.75, 3.05) is 13.7 Å². The van der Waals surface area contributed by atoms with Gasteiger partial charge in [0.15, 0.2) is 5.96 Å². The summed E-state index contributed by atoms with van der Waals surface area (Å²) in [7, 11) is 1.32. The Hall–Kier alpha value is -1.79. The standard InChI is InChI=1S/C18H36N4O3/c1-3-4-5-6-7-8-9-10-13-16(23)22-15(17(24)25-2)12-11-14-21-18(19)20/h15H,3-14H2,1-2H3,(H,22,23)(H4,19,20,21)/t15-/m0/s1. The van der Waals surface area contributed by atoms with Gasteiger partial charge >= 0.3 is 5.97 Å². The van der Waals surface area contributed by atoms with E-state index in [1.807, 2.05) is 0 Å². The number of ether oxygens (including phenoxy) is 1. The lowest BCUT2D eigenvalue weighted by molar-refractivity contribution is -0.145. The third-order valence-electron chi connectivity index (χ3n) is 4.02. The van der Waals surface area contributed by atoms with E-state index in [1.54, 1.807) is 0 Å². The van der Waals surface area contributed by atoms with Crippen LogP contribution in [0.25, 0.3) is 0 Å². The normalized spacial score (nSPS) is 11.6. The number of amides is 1. The first-order chi connectivity index (χ1) is 12.0. The molecule has 0 aliphatic carbocycles. The van der Waals surface area contributed by atoms with Crippen molar-refractivity contribution in [1.82, 2.24) is 5.32 Å². The predicted molar refractivity (Wildman–Crippen MR) is 101 cm³/mol. The molecule has 0 radical (unpaired) electrons. The molecular formula is C18H36N4O3. The number of methoxy groups -OCH3 is 1. The van der Waals surface area contributed by atoms with Crippen molar-refractivity contribution in [3.63, 3.8) is 0 Å². The zero-order valence-corrected chi connectivity index (χ0v) is 15.9.